The van der Waals surface area contributed by atoms with Crippen LogP contribution in [0.4, 0.5) is 10.1 Å². The van der Waals surface area contributed by atoms with Crippen LogP contribution in [0.5, 0.6) is 0 Å². The van der Waals surface area contributed by atoms with Gasteiger partial charge in [0.1, 0.15) is 5.82 Å². The number of thioether (sulfide) groups is 1. The first-order valence-electron chi connectivity index (χ1n) is 6.81. The van der Waals surface area contributed by atoms with Gasteiger partial charge in [0, 0.05) is 0 Å². The average Bonchev–Trinajstić information content (AvgIpc) is 2.92. The second-order valence-electron chi connectivity index (χ2n) is 4.82. The Hall–Kier alpha value is -1.63. The quantitative estimate of drug-likeness (QED) is 0.644. The van der Waals surface area contributed by atoms with Gasteiger partial charge in [0.05, 0.1) is 26.2 Å². The van der Waals surface area contributed by atoms with Crippen molar-refractivity contribution in [1.82, 2.24) is 4.98 Å². The number of hydrogen-bond acceptors (Lipinski definition) is 4. The summed E-state index contributed by atoms with van der Waals surface area (Å²) in [6.07, 6.45) is 0. The first-order chi connectivity index (χ1) is 11.0. The lowest BCUT2D eigenvalue weighted by Gasteiger charge is -2.11. The Bertz CT molecular complexity index is 835. The van der Waals surface area contributed by atoms with Crippen molar-refractivity contribution in [2.75, 3.05) is 5.32 Å². The molecular formula is C16H12ClFN2OS2. The fourth-order valence-corrected chi connectivity index (χ4v) is 4.36. The summed E-state index contributed by atoms with van der Waals surface area (Å²) >= 11 is 8.85. The van der Waals surface area contributed by atoms with Crippen LogP contribution in [0.2, 0.25) is 5.02 Å². The van der Waals surface area contributed by atoms with Crippen molar-refractivity contribution in [3.63, 3.8) is 0 Å². The molecule has 1 aromatic heterocycles. The maximum absolute atomic E-state index is 13.0. The molecule has 0 saturated heterocycles. The largest absolute Gasteiger partial charge is 0.324 e. The van der Waals surface area contributed by atoms with Crippen LogP contribution in [-0.2, 0) is 4.79 Å². The molecule has 0 aliphatic carbocycles. The molecule has 2 aromatic carbocycles. The van der Waals surface area contributed by atoms with Crippen molar-refractivity contribution < 1.29 is 9.18 Å². The Labute approximate surface area is 145 Å². The third-order valence-electron chi connectivity index (χ3n) is 3.11. The molecule has 0 aliphatic heterocycles. The van der Waals surface area contributed by atoms with E-state index in [1.165, 1.54) is 30.0 Å². The number of para-hydroxylation sites is 1. The molecule has 1 heterocycles. The minimum Gasteiger partial charge on any atom is -0.324 e. The molecule has 0 bridgehead atoms. The number of carbonyl (C=O) groups is 1. The van der Waals surface area contributed by atoms with E-state index in [2.05, 4.69) is 10.3 Å². The Morgan fingerprint density at radius 3 is 2.87 bits per heavy atom. The summed E-state index contributed by atoms with van der Waals surface area (Å²) in [4.78, 5) is 16.8. The number of aromatic nitrogens is 1. The number of carbonyl (C=O) groups excluding carboxylic acids is 1. The zero-order valence-corrected chi connectivity index (χ0v) is 14.4. The van der Waals surface area contributed by atoms with Gasteiger partial charge in [-0.05, 0) is 37.3 Å². The average molecular weight is 367 g/mol. The highest BCUT2D eigenvalue weighted by molar-refractivity contribution is 8.02. The van der Waals surface area contributed by atoms with E-state index in [4.69, 9.17) is 11.6 Å². The van der Waals surface area contributed by atoms with Gasteiger partial charge in [-0.3, -0.25) is 4.79 Å². The van der Waals surface area contributed by atoms with E-state index in [1.54, 1.807) is 18.3 Å². The number of thiazole rings is 1. The lowest BCUT2D eigenvalue weighted by Crippen LogP contribution is -2.22. The summed E-state index contributed by atoms with van der Waals surface area (Å²) in [5.41, 5.74) is 1.32. The van der Waals surface area contributed by atoms with E-state index in [1.807, 2.05) is 24.3 Å². The SMILES string of the molecule is CC(Sc1nc2ccccc2s1)C(=O)Nc1ccc(F)cc1Cl. The van der Waals surface area contributed by atoms with Crippen LogP contribution in [0.1, 0.15) is 6.92 Å². The molecule has 0 radical (unpaired) electrons. The lowest BCUT2D eigenvalue weighted by molar-refractivity contribution is -0.115. The Kier molecular flexibility index (Phi) is 4.84. The number of halogens is 2. The van der Waals surface area contributed by atoms with Gasteiger partial charge in [0.2, 0.25) is 5.91 Å². The summed E-state index contributed by atoms with van der Waals surface area (Å²) < 4.78 is 14.9. The van der Waals surface area contributed by atoms with Gasteiger partial charge in [0.15, 0.2) is 4.34 Å². The van der Waals surface area contributed by atoms with Crippen LogP contribution in [-0.4, -0.2) is 16.1 Å². The van der Waals surface area contributed by atoms with Crippen molar-refractivity contribution in [3.05, 3.63) is 53.3 Å². The molecular weight excluding hydrogens is 355 g/mol. The smallest absolute Gasteiger partial charge is 0.237 e. The molecule has 1 unspecified atom stereocenters. The molecule has 0 saturated carbocycles. The Morgan fingerprint density at radius 1 is 1.35 bits per heavy atom. The third kappa shape index (κ3) is 3.83. The highest BCUT2D eigenvalue weighted by Crippen LogP contribution is 2.32. The first-order valence-corrected chi connectivity index (χ1v) is 8.88. The summed E-state index contributed by atoms with van der Waals surface area (Å²) in [5.74, 6) is -0.646. The molecule has 1 N–H and O–H groups in total. The van der Waals surface area contributed by atoms with Crippen LogP contribution in [0.15, 0.2) is 46.8 Å². The zero-order valence-electron chi connectivity index (χ0n) is 12.0. The predicted molar refractivity (Wildman–Crippen MR) is 95.0 cm³/mol. The van der Waals surface area contributed by atoms with Gasteiger partial charge >= 0.3 is 0 Å². The number of hydrogen-bond donors (Lipinski definition) is 1. The summed E-state index contributed by atoms with van der Waals surface area (Å²) in [6, 6.07) is 11.7. The van der Waals surface area contributed by atoms with Gasteiger partial charge in [-0.1, -0.05) is 35.5 Å². The molecule has 3 rings (SSSR count). The molecule has 1 amide bonds. The number of nitrogens with zero attached hydrogens (tertiary/aromatic N) is 1. The fourth-order valence-electron chi connectivity index (χ4n) is 1.93. The maximum Gasteiger partial charge on any atom is 0.237 e. The molecule has 1 atom stereocenters. The van der Waals surface area contributed by atoms with E-state index in [0.29, 0.717) is 5.69 Å². The molecule has 118 valence electrons. The molecule has 23 heavy (non-hydrogen) atoms. The fraction of sp³-hybridized carbons (Fsp3) is 0.125. The molecule has 0 fully saturated rings. The first kappa shape index (κ1) is 16.2. The maximum atomic E-state index is 13.0. The molecule has 0 spiro atoms. The zero-order chi connectivity index (χ0) is 16.4. The highest BCUT2D eigenvalue weighted by atomic mass is 35.5. The molecule has 3 aromatic rings. The normalized spacial score (nSPS) is 12.3. The standard InChI is InChI=1S/C16H12ClFN2OS2/c1-9(15(21)19-12-7-6-10(18)8-11(12)17)22-16-20-13-4-2-3-5-14(13)23-16/h2-9H,1H3,(H,19,21). The summed E-state index contributed by atoms with van der Waals surface area (Å²) in [6.45, 7) is 1.80. The van der Waals surface area contributed by atoms with Crippen molar-refractivity contribution >= 4 is 56.5 Å². The van der Waals surface area contributed by atoms with Crippen LogP contribution in [0.3, 0.4) is 0 Å². The van der Waals surface area contributed by atoms with E-state index < -0.39 is 5.82 Å². The number of nitrogens with one attached hydrogen (secondary N) is 1. The summed E-state index contributed by atoms with van der Waals surface area (Å²) in [7, 11) is 0. The van der Waals surface area contributed by atoms with Gasteiger partial charge in [-0.2, -0.15) is 0 Å². The summed E-state index contributed by atoms with van der Waals surface area (Å²) in [5, 5.41) is 2.54. The molecule has 7 heteroatoms. The van der Waals surface area contributed by atoms with Gasteiger partial charge in [-0.15, -0.1) is 11.3 Å². The van der Waals surface area contributed by atoms with Crippen molar-refractivity contribution in [3.8, 4) is 0 Å². The highest BCUT2D eigenvalue weighted by Gasteiger charge is 2.18. The minimum atomic E-state index is -0.440. The number of rotatable bonds is 4. The van der Waals surface area contributed by atoms with Gasteiger partial charge in [0.25, 0.3) is 0 Å². The van der Waals surface area contributed by atoms with Crippen LogP contribution < -0.4 is 5.32 Å². The predicted octanol–water partition coefficient (Wildman–Crippen LogP) is 5.21. The van der Waals surface area contributed by atoms with E-state index >= 15 is 0 Å². The van der Waals surface area contributed by atoms with Crippen LogP contribution >= 0.6 is 34.7 Å². The van der Waals surface area contributed by atoms with E-state index in [9.17, 15) is 9.18 Å². The minimum absolute atomic E-state index is 0.176. The van der Waals surface area contributed by atoms with Crippen molar-refractivity contribution in [1.29, 1.82) is 0 Å². The third-order valence-corrected chi connectivity index (χ3v) is 5.65. The molecule has 0 aliphatic rings. The second kappa shape index (κ2) is 6.86. The topological polar surface area (TPSA) is 42.0 Å². The second-order valence-corrected chi connectivity index (χ2v) is 7.85. The van der Waals surface area contributed by atoms with E-state index in [0.717, 1.165) is 14.6 Å². The van der Waals surface area contributed by atoms with Crippen LogP contribution in [0.25, 0.3) is 10.2 Å². The monoisotopic (exact) mass is 366 g/mol. The lowest BCUT2D eigenvalue weighted by atomic mass is 10.3. The number of benzene rings is 2. The Morgan fingerprint density at radius 2 is 2.13 bits per heavy atom. The number of anilines is 1. The number of amides is 1. The van der Waals surface area contributed by atoms with Crippen LogP contribution in [0, 0.1) is 5.82 Å². The van der Waals surface area contributed by atoms with Crippen molar-refractivity contribution in [2.45, 2.75) is 16.5 Å². The number of fused-ring (bicyclic) bond motifs is 1. The van der Waals surface area contributed by atoms with E-state index in [-0.39, 0.29) is 16.2 Å². The van der Waals surface area contributed by atoms with Gasteiger partial charge in [-0.25, -0.2) is 9.37 Å². The van der Waals surface area contributed by atoms with Gasteiger partial charge < -0.3 is 5.32 Å². The molecule has 3 nitrogen and oxygen atoms in total. The Balaban J connectivity index is 1.69. The van der Waals surface area contributed by atoms with Crippen molar-refractivity contribution in [2.24, 2.45) is 0 Å².